The van der Waals surface area contributed by atoms with Crippen LogP contribution in [0.4, 0.5) is 0 Å². The Kier molecular flexibility index (Phi) is 9.45. The number of Topliss-reactive ketones (excluding diaryl/α,β-unsaturated/α-hetero) is 1. The summed E-state index contributed by atoms with van der Waals surface area (Å²) in [5.41, 5.74) is 1.46. The maximum absolute atomic E-state index is 12.2. The summed E-state index contributed by atoms with van der Waals surface area (Å²) in [7, 11) is 0. The summed E-state index contributed by atoms with van der Waals surface area (Å²) in [6, 6.07) is 2.05. The molecule has 0 spiro atoms. The molecule has 0 bridgehead atoms. The average Bonchev–Trinajstić information content (AvgIpc) is 2.73. The Hall–Kier alpha value is -1.93. The van der Waals surface area contributed by atoms with E-state index < -0.39 is 5.60 Å². The lowest BCUT2D eigenvalue weighted by molar-refractivity contribution is -0.167. The van der Waals surface area contributed by atoms with E-state index in [1.165, 1.54) is 13.0 Å². The molecule has 0 amide bonds. The van der Waals surface area contributed by atoms with Gasteiger partial charge in [-0.1, -0.05) is 18.6 Å². The van der Waals surface area contributed by atoms with E-state index in [0.717, 1.165) is 24.0 Å². The van der Waals surface area contributed by atoms with Crippen LogP contribution in [0.5, 0.6) is 0 Å². The van der Waals surface area contributed by atoms with E-state index in [0.29, 0.717) is 32.3 Å². The number of allylic oxidation sites excluding steroid dienone is 3. The van der Waals surface area contributed by atoms with Crippen molar-refractivity contribution < 1.29 is 19.1 Å². The average molecular weight is 376 g/mol. The molecular weight excluding hydrogens is 342 g/mol. The largest absolute Gasteiger partial charge is 0.459 e. The van der Waals surface area contributed by atoms with Gasteiger partial charge >= 0.3 is 5.97 Å². The molecule has 1 unspecified atom stereocenters. The second-order valence-corrected chi connectivity index (χ2v) is 7.91. The topological polar surface area (TPSA) is 76.4 Å². The van der Waals surface area contributed by atoms with Gasteiger partial charge in [0.15, 0.2) is 0 Å². The molecule has 1 saturated heterocycles. The van der Waals surface area contributed by atoms with E-state index in [2.05, 4.69) is 0 Å². The van der Waals surface area contributed by atoms with Gasteiger partial charge in [0, 0.05) is 25.3 Å². The van der Waals surface area contributed by atoms with Gasteiger partial charge < -0.3 is 9.47 Å². The molecule has 5 heteroatoms. The first-order chi connectivity index (χ1) is 12.7. The van der Waals surface area contributed by atoms with Crippen LogP contribution in [0.1, 0.15) is 73.1 Å². The van der Waals surface area contributed by atoms with Crippen LogP contribution in [0.25, 0.3) is 0 Å². The molecule has 0 aliphatic carbocycles. The first-order valence-electron chi connectivity index (χ1n) is 9.72. The third-order valence-corrected chi connectivity index (χ3v) is 5.14. The number of rotatable bonds is 8. The van der Waals surface area contributed by atoms with E-state index in [4.69, 9.17) is 14.7 Å². The lowest BCUT2D eigenvalue weighted by Crippen LogP contribution is -2.43. The van der Waals surface area contributed by atoms with Crippen LogP contribution in [0.2, 0.25) is 0 Å². The van der Waals surface area contributed by atoms with Crippen LogP contribution in [0, 0.1) is 17.2 Å². The monoisotopic (exact) mass is 375 g/mol. The Bertz CT molecular complexity index is 625. The number of nitrogens with zero attached hydrogens (tertiary/aromatic N) is 1. The zero-order valence-corrected chi connectivity index (χ0v) is 17.3. The van der Waals surface area contributed by atoms with Gasteiger partial charge in [0.2, 0.25) is 0 Å². The Morgan fingerprint density at radius 3 is 2.70 bits per heavy atom. The summed E-state index contributed by atoms with van der Waals surface area (Å²) in [5.74, 6) is -0.0806. The van der Waals surface area contributed by atoms with Crippen molar-refractivity contribution in [1.82, 2.24) is 0 Å². The van der Waals surface area contributed by atoms with Crippen molar-refractivity contribution in [2.75, 3.05) is 6.61 Å². The number of hydrogen-bond acceptors (Lipinski definition) is 5. The van der Waals surface area contributed by atoms with Crippen molar-refractivity contribution in [2.45, 2.75) is 84.8 Å². The lowest BCUT2D eigenvalue weighted by Gasteiger charge is -2.35. The van der Waals surface area contributed by atoms with Crippen molar-refractivity contribution in [3.63, 3.8) is 0 Å². The standard InChI is InChI=1S/C22H33NO4/c1-16(2)8-10-20(25)17(3)7-6-13-22(5)21(27-18(4)24)11-9-19(12-14-23)15-26-22/h8,12,17,21H,6-7,9-11,13,15H2,1-5H3/b19-12+/t17?,21-,22+/m1/s1. The van der Waals surface area contributed by atoms with Crippen LogP contribution in [-0.4, -0.2) is 30.1 Å². The first kappa shape index (κ1) is 23.1. The van der Waals surface area contributed by atoms with Crippen LogP contribution in [0.15, 0.2) is 23.3 Å². The summed E-state index contributed by atoms with van der Waals surface area (Å²) in [5, 5.41) is 8.88. The van der Waals surface area contributed by atoms with E-state index in [-0.39, 0.29) is 23.8 Å². The second-order valence-electron chi connectivity index (χ2n) is 7.91. The predicted molar refractivity (Wildman–Crippen MR) is 105 cm³/mol. The number of hydrogen-bond donors (Lipinski definition) is 0. The SMILES string of the molecule is CC(=O)O[C@@H]1CC/C(=C\C#N)CO[C@@]1(C)CCCC(C)C(=O)CC=C(C)C. The van der Waals surface area contributed by atoms with Gasteiger partial charge in [0.05, 0.1) is 12.7 Å². The van der Waals surface area contributed by atoms with E-state index >= 15 is 0 Å². The second kappa shape index (κ2) is 11.0. The highest BCUT2D eigenvalue weighted by molar-refractivity contribution is 5.82. The molecule has 1 rings (SSSR count). The van der Waals surface area contributed by atoms with Gasteiger partial charge in [-0.25, -0.2) is 0 Å². The number of carbonyl (C=O) groups excluding carboxylic acids is 2. The zero-order valence-electron chi connectivity index (χ0n) is 17.3. The molecule has 0 aromatic rings. The molecule has 1 heterocycles. The maximum Gasteiger partial charge on any atom is 0.303 e. The van der Waals surface area contributed by atoms with Gasteiger partial charge in [-0.05, 0) is 58.4 Å². The van der Waals surface area contributed by atoms with Crippen LogP contribution in [-0.2, 0) is 19.1 Å². The molecule has 0 radical (unpaired) electrons. The molecule has 3 atom stereocenters. The predicted octanol–water partition coefficient (Wildman–Crippen LogP) is 4.67. The summed E-state index contributed by atoms with van der Waals surface area (Å²) >= 11 is 0. The third kappa shape index (κ3) is 8.09. The van der Waals surface area contributed by atoms with Gasteiger partial charge in [0.25, 0.3) is 0 Å². The third-order valence-electron chi connectivity index (χ3n) is 5.14. The van der Waals surface area contributed by atoms with Crippen molar-refractivity contribution in [1.29, 1.82) is 5.26 Å². The summed E-state index contributed by atoms with van der Waals surface area (Å²) in [6.45, 7) is 9.69. The van der Waals surface area contributed by atoms with Crippen molar-refractivity contribution in [2.24, 2.45) is 5.92 Å². The van der Waals surface area contributed by atoms with E-state index in [1.807, 2.05) is 39.8 Å². The molecule has 1 aliphatic heterocycles. The molecular formula is C22H33NO4. The van der Waals surface area contributed by atoms with Crippen molar-refractivity contribution in [3.8, 4) is 6.07 Å². The minimum atomic E-state index is -0.612. The van der Waals surface area contributed by atoms with E-state index in [9.17, 15) is 9.59 Å². The molecule has 27 heavy (non-hydrogen) atoms. The molecule has 150 valence electrons. The van der Waals surface area contributed by atoms with Gasteiger partial charge in [-0.2, -0.15) is 5.26 Å². The molecule has 5 nitrogen and oxygen atoms in total. The quantitative estimate of drug-likeness (QED) is 0.350. The molecule has 1 aliphatic rings. The number of esters is 1. The van der Waals surface area contributed by atoms with Gasteiger partial charge in [0.1, 0.15) is 17.5 Å². The van der Waals surface area contributed by atoms with Crippen molar-refractivity contribution in [3.05, 3.63) is 23.3 Å². The number of ether oxygens (including phenoxy) is 2. The fourth-order valence-electron chi connectivity index (χ4n) is 3.29. The normalized spacial score (nSPS) is 25.2. The number of carbonyl (C=O) groups is 2. The molecule has 0 aromatic carbocycles. The fraction of sp³-hybridized carbons (Fsp3) is 0.682. The summed E-state index contributed by atoms with van der Waals surface area (Å²) < 4.78 is 11.6. The van der Waals surface area contributed by atoms with E-state index in [1.54, 1.807) is 0 Å². The van der Waals surface area contributed by atoms with Crippen LogP contribution < -0.4 is 0 Å². The van der Waals surface area contributed by atoms with Crippen molar-refractivity contribution >= 4 is 11.8 Å². The number of ketones is 1. The Labute approximate surface area is 163 Å². The molecule has 0 N–H and O–H groups in total. The first-order valence-corrected chi connectivity index (χ1v) is 9.72. The van der Waals surface area contributed by atoms with Gasteiger partial charge in [-0.3, -0.25) is 9.59 Å². The minimum Gasteiger partial charge on any atom is -0.459 e. The smallest absolute Gasteiger partial charge is 0.303 e. The Balaban J connectivity index is 2.70. The number of nitriles is 1. The molecule has 0 saturated carbocycles. The highest BCUT2D eigenvalue weighted by Gasteiger charge is 2.39. The fourth-order valence-corrected chi connectivity index (χ4v) is 3.29. The minimum absolute atomic E-state index is 0.00352. The summed E-state index contributed by atoms with van der Waals surface area (Å²) in [4.78, 5) is 23.7. The highest BCUT2D eigenvalue weighted by atomic mass is 16.6. The Morgan fingerprint density at radius 1 is 1.41 bits per heavy atom. The Morgan fingerprint density at radius 2 is 2.11 bits per heavy atom. The molecule has 1 fully saturated rings. The highest BCUT2D eigenvalue weighted by Crippen LogP contribution is 2.34. The van der Waals surface area contributed by atoms with Gasteiger partial charge in [-0.15, -0.1) is 0 Å². The lowest BCUT2D eigenvalue weighted by atomic mass is 9.87. The maximum atomic E-state index is 12.2. The zero-order chi connectivity index (χ0) is 20.4. The van der Waals surface area contributed by atoms with Crippen LogP contribution >= 0.6 is 0 Å². The van der Waals surface area contributed by atoms with Crippen LogP contribution in [0.3, 0.4) is 0 Å². The molecule has 0 aromatic heterocycles. The summed E-state index contributed by atoms with van der Waals surface area (Å²) in [6.07, 6.45) is 7.22.